The summed E-state index contributed by atoms with van der Waals surface area (Å²) in [5.74, 6) is 3.48. The van der Waals surface area contributed by atoms with Gasteiger partial charge in [0, 0.05) is 34.9 Å². The molecule has 1 atom stereocenters. The fraction of sp³-hybridized carbons (Fsp3) is 0.600. The van der Waals surface area contributed by atoms with Crippen LogP contribution in [0.5, 0.6) is 0 Å². The van der Waals surface area contributed by atoms with Crippen LogP contribution < -0.4 is 0 Å². The number of hydrogen-bond donors (Lipinski definition) is 1. The first kappa shape index (κ1) is 20.5. The zero-order chi connectivity index (χ0) is 22.0. The average molecular weight is 443 g/mol. The van der Waals surface area contributed by atoms with E-state index in [4.69, 9.17) is 0 Å². The Morgan fingerprint density at radius 2 is 1.30 bits per heavy atom. The summed E-state index contributed by atoms with van der Waals surface area (Å²) in [5, 5.41) is 14.2. The average Bonchev–Trinajstić information content (AvgIpc) is 3.13. The lowest BCUT2D eigenvalue weighted by Crippen LogP contribution is -2.55. The summed E-state index contributed by atoms with van der Waals surface area (Å²) >= 11 is 0. The van der Waals surface area contributed by atoms with Crippen molar-refractivity contribution >= 4 is 21.8 Å². The second-order valence-electron chi connectivity index (χ2n) is 12.2. The molecular formula is C30H38N2O. The molecule has 174 valence electrons. The van der Waals surface area contributed by atoms with E-state index in [1.54, 1.807) is 0 Å². The highest BCUT2D eigenvalue weighted by atomic mass is 16.3. The molecule has 1 saturated heterocycles. The lowest BCUT2D eigenvalue weighted by Gasteiger charge is -2.59. The third-order valence-corrected chi connectivity index (χ3v) is 10.1. The first-order chi connectivity index (χ1) is 16.2. The second-order valence-corrected chi connectivity index (χ2v) is 12.2. The van der Waals surface area contributed by atoms with Gasteiger partial charge < -0.3 is 14.6 Å². The summed E-state index contributed by atoms with van der Waals surface area (Å²) in [7, 11) is 0. The maximum atomic E-state index is 11.4. The van der Waals surface area contributed by atoms with Gasteiger partial charge in [0.25, 0.3) is 0 Å². The van der Waals surface area contributed by atoms with Crippen LogP contribution in [-0.2, 0) is 6.54 Å². The third kappa shape index (κ3) is 3.46. The van der Waals surface area contributed by atoms with Crippen molar-refractivity contribution in [2.75, 3.05) is 19.6 Å². The van der Waals surface area contributed by atoms with Crippen molar-refractivity contribution in [1.82, 2.24) is 9.47 Å². The van der Waals surface area contributed by atoms with E-state index in [-0.39, 0.29) is 11.5 Å². The van der Waals surface area contributed by atoms with Crippen LogP contribution in [-0.4, -0.2) is 40.3 Å². The summed E-state index contributed by atoms with van der Waals surface area (Å²) in [4.78, 5) is 2.59. The quantitative estimate of drug-likeness (QED) is 0.518. The molecule has 4 bridgehead atoms. The van der Waals surface area contributed by atoms with Gasteiger partial charge in [-0.05, 0) is 106 Å². The molecule has 3 heteroatoms. The molecule has 5 aliphatic rings. The summed E-state index contributed by atoms with van der Waals surface area (Å²) in [6.45, 7) is 4.31. The standard InChI is InChI=1S/C30H38N2O/c33-29(30-16-22-13-23(17-30)15-24(14-22)18-30)20-31-11-9-21(10-12-31)19-32-27-7-3-1-5-25(27)26-6-2-4-8-28(26)32/h1-8,21-24,29,33H,9-20H2. The second kappa shape index (κ2) is 7.85. The smallest absolute Gasteiger partial charge is 0.0723 e. The SMILES string of the molecule is OC(CN1CCC(Cn2c3ccccc3c3ccccc32)CC1)C12CC3CC(CC(C3)C1)C2. The Labute approximate surface area is 197 Å². The van der Waals surface area contributed by atoms with E-state index in [2.05, 4.69) is 58.0 Å². The number of likely N-dealkylation sites (tertiary alicyclic amines) is 1. The lowest BCUT2D eigenvalue weighted by atomic mass is 9.48. The number of aliphatic hydroxyl groups excluding tert-OH is 1. The molecule has 4 aliphatic carbocycles. The highest BCUT2D eigenvalue weighted by Crippen LogP contribution is 2.61. The molecule has 8 rings (SSSR count). The summed E-state index contributed by atoms with van der Waals surface area (Å²) in [6.07, 6.45) is 10.7. The molecular weight excluding hydrogens is 404 g/mol. The van der Waals surface area contributed by atoms with Gasteiger partial charge >= 0.3 is 0 Å². The zero-order valence-electron chi connectivity index (χ0n) is 19.8. The number of nitrogens with zero attached hydrogens (tertiary/aromatic N) is 2. The molecule has 3 aromatic rings. The molecule has 1 aromatic heterocycles. The molecule has 3 nitrogen and oxygen atoms in total. The van der Waals surface area contributed by atoms with E-state index < -0.39 is 0 Å². The monoisotopic (exact) mass is 442 g/mol. The van der Waals surface area contributed by atoms with Gasteiger partial charge in [0.1, 0.15) is 0 Å². The van der Waals surface area contributed by atoms with Gasteiger partial charge in [-0.3, -0.25) is 0 Å². The van der Waals surface area contributed by atoms with Gasteiger partial charge in [0.05, 0.1) is 6.10 Å². The normalized spacial score (nSPS) is 33.3. The number of rotatable bonds is 5. The molecule has 0 radical (unpaired) electrons. The van der Waals surface area contributed by atoms with Gasteiger partial charge in [-0.25, -0.2) is 0 Å². The van der Waals surface area contributed by atoms with Crippen molar-refractivity contribution in [3.05, 3.63) is 48.5 Å². The molecule has 1 N–H and O–H groups in total. The Hall–Kier alpha value is -1.84. The predicted molar refractivity (Wildman–Crippen MR) is 135 cm³/mol. The fourth-order valence-electron chi connectivity index (χ4n) is 8.83. The Morgan fingerprint density at radius 1 is 0.788 bits per heavy atom. The van der Waals surface area contributed by atoms with Gasteiger partial charge in [0.2, 0.25) is 0 Å². The number of β-amino-alcohol motifs (C(OH)–C–C–N with tert-alkyl or cyclic N) is 1. The van der Waals surface area contributed by atoms with Crippen LogP contribution in [0, 0.1) is 29.1 Å². The number of fused-ring (bicyclic) bond motifs is 3. The van der Waals surface area contributed by atoms with E-state index in [1.807, 2.05) is 0 Å². The van der Waals surface area contributed by atoms with Crippen molar-refractivity contribution in [2.24, 2.45) is 29.1 Å². The van der Waals surface area contributed by atoms with Gasteiger partial charge in [-0.1, -0.05) is 36.4 Å². The van der Waals surface area contributed by atoms with Crippen molar-refractivity contribution in [3.8, 4) is 0 Å². The van der Waals surface area contributed by atoms with Gasteiger partial charge in [-0.2, -0.15) is 0 Å². The molecule has 2 heterocycles. The fourth-order valence-corrected chi connectivity index (χ4v) is 8.83. The molecule has 4 saturated carbocycles. The highest BCUT2D eigenvalue weighted by molar-refractivity contribution is 6.07. The van der Waals surface area contributed by atoms with Gasteiger partial charge in [0.15, 0.2) is 0 Å². The summed E-state index contributed by atoms with van der Waals surface area (Å²) in [5.41, 5.74) is 3.01. The largest absolute Gasteiger partial charge is 0.391 e. The number of aliphatic hydroxyl groups is 1. The Morgan fingerprint density at radius 3 is 1.85 bits per heavy atom. The van der Waals surface area contributed by atoms with Gasteiger partial charge in [-0.15, -0.1) is 0 Å². The number of benzene rings is 2. The number of aromatic nitrogens is 1. The minimum atomic E-state index is -0.111. The van der Waals surface area contributed by atoms with Crippen LogP contribution in [0.15, 0.2) is 48.5 Å². The predicted octanol–water partition coefficient (Wildman–Crippen LogP) is 6.08. The molecule has 0 spiro atoms. The summed E-state index contributed by atoms with van der Waals surface area (Å²) in [6, 6.07) is 17.8. The molecule has 1 unspecified atom stereocenters. The van der Waals surface area contributed by atoms with Crippen LogP contribution in [0.1, 0.15) is 51.4 Å². The number of para-hydroxylation sites is 2. The van der Waals surface area contributed by atoms with Crippen LogP contribution in [0.2, 0.25) is 0 Å². The van der Waals surface area contributed by atoms with Crippen LogP contribution >= 0.6 is 0 Å². The lowest BCUT2D eigenvalue weighted by molar-refractivity contribution is -0.128. The first-order valence-electron chi connectivity index (χ1n) is 13.5. The number of hydrogen-bond acceptors (Lipinski definition) is 2. The molecule has 2 aromatic carbocycles. The van der Waals surface area contributed by atoms with E-state index in [0.717, 1.165) is 49.9 Å². The Kier molecular flexibility index (Phi) is 4.88. The minimum Gasteiger partial charge on any atom is -0.391 e. The maximum Gasteiger partial charge on any atom is 0.0723 e. The minimum absolute atomic E-state index is 0.111. The molecule has 0 amide bonds. The van der Waals surface area contributed by atoms with Crippen LogP contribution in [0.3, 0.4) is 0 Å². The Bertz CT molecular complexity index is 1070. The van der Waals surface area contributed by atoms with Crippen molar-refractivity contribution in [2.45, 2.75) is 64.0 Å². The molecule has 5 fully saturated rings. The van der Waals surface area contributed by atoms with Crippen molar-refractivity contribution in [3.63, 3.8) is 0 Å². The van der Waals surface area contributed by atoms with Crippen LogP contribution in [0.4, 0.5) is 0 Å². The molecule has 33 heavy (non-hydrogen) atoms. The van der Waals surface area contributed by atoms with E-state index in [1.165, 1.54) is 73.2 Å². The van der Waals surface area contributed by atoms with E-state index in [0.29, 0.717) is 0 Å². The maximum absolute atomic E-state index is 11.4. The van der Waals surface area contributed by atoms with Crippen LogP contribution in [0.25, 0.3) is 21.8 Å². The van der Waals surface area contributed by atoms with E-state index in [9.17, 15) is 5.11 Å². The van der Waals surface area contributed by atoms with E-state index >= 15 is 0 Å². The molecule has 1 aliphatic heterocycles. The zero-order valence-corrected chi connectivity index (χ0v) is 19.8. The topological polar surface area (TPSA) is 28.4 Å². The number of piperidine rings is 1. The van der Waals surface area contributed by atoms with Crippen molar-refractivity contribution in [1.29, 1.82) is 0 Å². The highest BCUT2D eigenvalue weighted by Gasteiger charge is 2.54. The summed E-state index contributed by atoms with van der Waals surface area (Å²) < 4.78 is 2.56. The third-order valence-electron chi connectivity index (χ3n) is 10.1. The van der Waals surface area contributed by atoms with Crippen molar-refractivity contribution < 1.29 is 5.11 Å². The Balaban J connectivity index is 1.02. The first-order valence-corrected chi connectivity index (χ1v) is 13.5.